The molecule has 0 radical (unpaired) electrons. The summed E-state index contributed by atoms with van der Waals surface area (Å²) in [5, 5.41) is 18.3. The first-order valence-electron chi connectivity index (χ1n) is 21.0. The summed E-state index contributed by atoms with van der Waals surface area (Å²) < 4.78 is 52.0. The SMILES string of the molecule is COC(=O)c1cccc(C(=O)N[C@@H](Cc2cccc(OCCCN(CC(C)[N+](=O)[O-])S(=O)(=O)c3ccccc3)c2)[C@@H](CNC(C)(C)c2cccc(OC)c2)O[Si](C)(C)C(C)(C)C)c1. The van der Waals surface area contributed by atoms with Crippen molar-refractivity contribution in [1.82, 2.24) is 14.9 Å². The molecule has 14 nitrogen and oxygen atoms in total. The predicted octanol–water partition coefficient (Wildman–Crippen LogP) is 7.86. The molecule has 0 fully saturated rings. The molecular formula is C47H64N4O10SSi. The van der Waals surface area contributed by atoms with Gasteiger partial charge < -0.3 is 29.3 Å². The fourth-order valence-electron chi connectivity index (χ4n) is 6.58. The molecule has 63 heavy (non-hydrogen) atoms. The summed E-state index contributed by atoms with van der Waals surface area (Å²) in [7, 11) is -3.55. The Balaban J connectivity index is 1.64. The number of nitrogens with one attached hydrogen (secondary N) is 2. The molecule has 1 unspecified atom stereocenters. The highest BCUT2D eigenvalue weighted by Crippen LogP contribution is 2.38. The lowest BCUT2D eigenvalue weighted by atomic mass is 9.93. The lowest BCUT2D eigenvalue weighted by Crippen LogP contribution is -2.57. The van der Waals surface area contributed by atoms with E-state index in [0.717, 1.165) is 21.2 Å². The molecule has 1 amide bonds. The number of carbonyl (C=O) groups excluding carboxylic acids is 2. The van der Waals surface area contributed by atoms with Crippen molar-refractivity contribution in [3.8, 4) is 11.5 Å². The number of hydrogen-bond acceptors (Lipinski definition) is 11. The van der Waals surface area contributed by atoms with Crippen LogP contribution in [0.3, 0.4) is 0 Å². The zero-order chi connectivity index (χ0) is 46.6. The summed E-state index contributed by atoms with van der Waals surface area (Å²) in [6, 6.07) is 27.9. The Morgan fingerprint density at radius 2 is 1.51 bits per heavy atom. The van der Waals surface area contributed by atoms with E-state index in [1.807, 2.05) is 42.5 Å². The number of rotatable bonds is 23. The Morgan fingerprint density at radius 3 is 2.16 bits per heavy atom. The van der Waals surface area contributed by atoms with Gasteiger partial charge in [0.05, 0.1) is 50.0 Å². The minimum atomic E-state index is -4.00. The van der Waals surface area contributed by atoms with Crippen LogP contribution >= 0.6 is 0 Å². The molecule has 0 saturated carbocycles. The van der Waals surface area contributed by atoms with Crippen molar-refractivity contribution in [2.75, 3.05) is 40.5 Å². The highest BCUT2D eigenvalue weighted by Gasteiger charge is 2.42. The van der Waals surface area contributed by atoms with Crippen LogP contribution in [0.1, 0.15) is 79.8 Å². The maximum atomic E-state index is 14.2. The second-order valence-corrected chi connectivity index (χ2v) is 24.4. The molecule has 4 rings (SSSR count). The minimum Gasteiger partial charge on any atom is -0.497 e. The van der Waals surface area contributed by atoms with Crippen molar-refractivity contribution in [2.24, 2.45) is 0 Å². The molecule has 0 aliphatic carbocycles. The molecule has 3 atom stereocenters. The zero-order valence-corrected chi connectivity index (χ0v) is 40.0. The van der Waals surface area contributed by atoms with Gasteiger partial charge in [0.25, 0.3) is 5.91 Å². The number of hydrogen-bond donors (Lipinski definition) is 2. The van der Waals surface area contributed by atoms with Crippen molar-refractivity contribution in [1.29, 1.82) is 0 Å². The molecule has 2 N–H and O–H groups in total. The summed E-state index contributed by atoms with van der Waals surface area (Å²) in [6.45, 7) is 16.6. The van der Waals surface area contributed by atoms with Crippen LogP contribution in [0, 0.1) is 10.1 Å². The van der Waals surface area contributed by atoms with Crippen molar-refractivity contribution >= 4 is 30.2 Å². The fourth-order valence-corrected chi connectivity index (χ4v) is 9.52. The smallest absolute Gasteiger partial charge is 0.337 e. The van der Waals surface area contributed by atoms with E-state index in [0.29, 0.717) is 18.7 Å². The quantitative estimate of drug-likeness (QED) is 0.0244. The monoisotopic (exact) mass is 904 g/mol. The molecule has 342 valence electrons. The van der Waals surface area contributed by atoms with Crippen LogP contribution in [0.4, 0.5) is 0 Å². The Hall–Kier alpha value is -5.13. The van der Waals surface area contributed by atoms with E-state index in [9.17, 15) is 28.1 Å². The number of carbonyl (C=O) groups is 2. The lowest BCUT2D eigenvalue weighted by molar-refractivity contribution is -0.517. The molecule has 16 heteroatoms. The van der Waals surface area contributed by atoms with Gasteiger partial charge in [0.1, 0.15) is 11.5 Å². The van der Waals surface area contributed by atoms with Crippen LogP contribution in [0.5, 0.6) is 11.5 Å². The van der Waals surface area contributed by atoms with Crippen molar-refractivity contribution < 1.29 is 41.6 Å². The van der Waals surface area contributed by atoms with Crippen LogP contribution in [-0.4, -0.2) is 96.5 Å². The molecule has 0 spiro atoms. The molecular weight excluding hydrogens is 841 g/mol. The van der Waals surface area contributed by atoms with Gasteiger partial charge in [-0.15, -0.1) is 0 Å². The molecule has 4 aromatic rings. The normalized spacial score (nSPS) is 13.8. The number of sulfonamides is 1. The highest BCUT2D eigenvalue weighted by atomic mass is 32.2. The standard InChI is InChI=1S/C47H64N4O10SSi/c1-34(51(54)55)33-50(62(56,57)41-24-12-11-13-25-41)26-17-27-60-40-23-14-18-35(28-40)29-42(49-44(52)36-19-15-20-37(30-36)45(53)59-8)43(61-63(9,10)46(2,3)4)32-48-47(5,6)38-21-16-22-39(31-38)58-7/h11-16,18-25,28,30-31,34,42-43,48H,17,26-27,29,32-33H2,1-10H3,(H,49,52)/t34?,42-,43+/m0/s1. The van der Waals surface area contributed by atoms with E-state index < -0.39 is 58.9 Å². The van der Waals surface area contributed by atoms with Gasteiger partial charge in [-0.05, 0) is 111 Å². The van der Waals surface area contributed by atoms with Crippen LogP contribution < -0.4 is 20.1 Å². The first-order chi connectivity index (χ1) is 29.6. The minimum absolute atomic E-state index is 0.00592. The Labute approximate surface area is 374 Å². The highest BCUT2D eigenvalue weighted by molar-refractivity contribution is 7.89. The first-order valence-corrected chi connectivity index (χ1v) is 25.4. The van der Waals surface area contributed by atoms with Gasteiger partial charge >= 0.3 is 5.97 Å². The lowest BCUT2D eigenvalue weighted by Gasteiger charge is -2.43. The largest absolute Gasteiger partial charge is 0.497 e. The second-order valence-electron chi connectivity index (χ2n) is 17.7. The van der Waals surface area contributed by atoms with Crippen molar-refractivity contribution in [3.63, 3.8) is 0 Å². The third kappa shape index (κ3) is 14.2. The second kappa shape index (κ2) is 22.0. The average molecular weight is 905 g/mol. The molecule has 0 aromatic heterocycles. The summed E-state index contributed by atoms with van der Waals surface area (Å²) in [6.07, 6.45) is 0.0655. The molecule has 0 aliphatic heterocycles. The van der Waals surface area contributed by atoms with E-state index in [2.05, 4.69) is 58.3 Å². The fraction of sp³-hybridized carbons (Fsp3) is 0.447. The number of nitro groups is 1. The zero-order valence-electron chi connectivity index (χ0n) is 38.2. The Kier molecular flexibility index (Phi) is 17.6. The number of nitrogens with zero attached hydrogens (tertiary/aromatic N) is 2. The number of benzene rings is 4. The maximum absolute atomic E-state index is 14.2. The van der Waals surface area contributed by atoms with Gasteiger partial charge in [-0.25, -0.2) is 13.2 Å². The predicted molar refractivity (Wildman–Crippen MR) is 247 cm³/mol. The molecule has 4 aromatic carbocycles. The van der Waals surface area contributed by atoms with Crippen molar-refractivity contribution in [3.05, 3.63) is 135 Å². The van der Waals surface area contributed by atoms with E-state index in [4.69, 9.17) is 18.6 Å². The number of esters is 1. The van der Waals surface area contributed by atoms with E-state index in [1.165, 1.54) is 32.2 Å². The summed E-state index contributed by atoms with van der Waals surface area (Å²) in [5.41, 5.74) is 1.84. The third-order valence-corrected chi connectivity index (χ3v) is 17.9. The first kappa shape index (κ1) is 50.5. The average Bonchev–Trinajstić information content (AvgIpc) is 3.25. The van der Waals surface area contributed by atoms with Crippen LogP contribution in [0.25, 0.3) is 0 Å². The molecule has 0 heterocycles. The van der Waals surface area contributed by atoms with E-state index in [1.54, 1.807) is 49.6 Å². The van der Waals surface area contributed by atoms with Gasteiger partial charge in [0.2, 0.25) is 16.1 Å². The Morgan fingerprint density at radius 1 is 0.857 bits per heavy atom. The maximum Gasteiger partial charge on any atom is 0.337 e. The number of methoxy groups -OCH3 is 2. The van der Waals surface area contributed by atoms with Crippen LogP contribution in [0.15, 0.2) is 108 Å². The third-order valence-electron chi connectivity index (χ3n) is 11.5. The van der Waals surface area contributed by atoms with Gasteiger partial charge in [-0.2, -0.15) is 4.31 Å². The van der Waals surface area contributed by atoms with Crippen LogP contribution in [0.2, 0.25) is 18.1 Å². The van der Waals surface area contributed by atoms with Gasteiger partial charge in [0, 0.05) is 36.0 Å². The van der Waals surface area contributed by atoms with Gasteiger partial charge in [0.15, 0.2) is 8.32 Å². The Bertz CT molecular complexity index is 2270. The van der Waals surface area contributed by atoms with E-state index in [-0.39, 0.29) is 47.2 Å². The number of amides is 1. The van der Waals surface area contributed by atoms with Crippen molar-refractivity contribution in [2.45, 2.75) is 101 Å². The number of ether oxygens (including phenoxy) is 3. The van der Waals surface area contributed by atoms with Gasteiger partial charge in [-0.1, -0.05) is 69.3 Å². The summed E-state index contributed by atoms with van der Waals surface area (Å²) >= 11 is 0. The summed E-state index contributed by atoms with van der Waals surface area (Å²) in [5.74, 6) is 0.309. The topological polar surface area (TPSA) is 176 Å². The molecule has 0 saturated heterocycles. The van der Waals surface area contributed by atoms with Gasteiger partial charge in [-0.3, -0.25) is 14.9 Å². The summed E-state index contributed by atoms with van der Waals surface area (Å²) in [4.78, 5) is 37.7. The molecule has 0 aliphatic rings. The van der Waals surface area contributed by atoms with Crippen LogP contribution in [-0.2, 0) is 31.1 Å². The molecule has 0 bridgehead atoms. The van der Waals surface area contributed by atoms with E-state index >= 15 is 0 Å².